The van der Waals surface area contributed by atoms with Crippen molar-refractivity contribution in [1.82, 2.24) is 19.8 Å². The number of carbonyl (C=O) groups excluding carboxylic acids is 2. The predicted molar refractivity (Wildman–Crippen MR) is 126 cm³/mol. The van der Waals surface area contributed by atoms with E-state index in [0.29, 0.717) is 29.9 Å². The second kappa shape index (κ2) is 8.61. The van der Waals surface area contributed by atoms with Gasteiger partial charge in [-0.05, 0) is 30.5 Å². The second-order valence-electron chi connectivity index (χ2n) is 8.84. The van der Waals surface area contributed by atoms with Crippen LogP contribution in [0, 0.1) is 6.92 Å². The van der Waals surface area contributed by atoms with Gasteiger partial charge in [0.25, 0.3) is 0 Å². The Labute approximate surface area is 194 Å². The van der Waals surface area contributed by atoms with Gasteiger partial charge in [-0.2, -0.15) is 0 Å². The van der Waals surface area contributed by atoms with E-state index in [-0.39, 0.29) is 11.6 Å². The highest BCUT2D eigenvalue weighted by Crippen LogP contribution is 2.42. The van der Waals surface area contributed by atoms with Crippen LogP contribution in [-0.2, 0) is 18.5 Å². The van der Waals surface area contributed by atoms with Crippen LogP contribution >= 0.6 is 0 Å². The van der Waals surface area contributed by atoms with Crippen molar-refractivity contribution in [2.75, 3.05) is 26.2 Å². The van der Waals surface area contributed by atoms with Crippen molar-refractivity contribution in [2.24, 2.45) is 0 Å². The molecule has 168 valence electrons. The molecule has 1 saturated heterocycles. The lowest BCUT2D eigenvalue weighted by molar-refractivity contribution is 0.0266. The Morgan fingerprint density at radius 1 is 0.848 bits per heavy atom. The zero-order valence-corrected chi connectivity index (χ0v) is 19.1. The molecule has 0 unspecified atom stereocenters. The molecule has 6 heteroatoms. The first kappa shape index (κ1) is 21.6. The molecule has 1 aliphatic carbocycles. The molecule has 2 aliphatic rings. The fourth-order valence-electron chi connectivity index (χ4n) is 5.25. The minimum atomic E-state index is -1.41. The van der Waals surface area contributed by atoms with E-state index in [0.717, 1.165) is 31.7 Å². The lowest BCUT2D eigenvalue weighted by atomic mass is 9.85. The Bertz CT molecular complexity index is 1180. The molecule has 0 spiro atoms. The molecule has 0 atom stereocenters. The third kappa shape index (κ3) is 3.50. The number of hydrogen-bond acceptors (Lipinski definition) is 6. The summed E-state index contributed by atoms with van der Waals surface area (Å²) in [5.41, 5.74) is 3.48. The average molecular weight is 441 g/mol. The van der Waals surface area contributed by atoms with Crippen LogP contribution in [0.5, 0.6) is 0 Å². The maximum Gasteiger partial charge on any atom is 0.198 e. The number of aromatic nitrogens is 2. The first-order valence-corrected chi connectivity index (χ1v) is 11.6. The quantitative estimate of drug-likeness (QED) is 0.567. The van der Waals surface area contributed by atoms with Gasteiger partial charge in [0.1, 0.15) is 6.33 Å². The summed E-state index contributed by atoms with van der Waals surface area (Å²) >= 11 is 0. The fourth-order valence-corrected chi connectivity index (χ4v) is 5.25. The van der Waals surface area contributed by atoms with Gasteiger partial charge in [0.05, 0.1) is 5.69 Å². The van der Waals surface area contributed by atoms with E-state index in [2.05, 4.69) is 46.1 Å². The standard InChI is InChI=1S/C27H28N4O2/c1-3-20-8-4-5-9-21(20)17-30-12-14-31(15-13-30)27(24-16-19(2)28-18-29-24)25(32)22-10-6-7-11-23(22)26(27)33/h4-11,16,18H,3,12-15,17H2,1-2H3. The van der Waals surface area contributed by atoms with Crippen LogP contribution in [0.2, 0.25) is 0 Å². The number of Topliss-reactive ketones (excluding diaryl/α,β-unsaturated/α-hetero) is 2. The van der Waals surface area contributed by atoms with Gasteiger partial charge in [-0.15, -0.1) is 0 Å². The molecule has 0 amide bonds. The zero-order chi connectivity index (χ0) is 23.0. The van der Waals surface area contributed by atoms with Gasteiger partial charge in [0, 0.05) is 49.5 Å². The van der Waals surface area contributed by atoms with E-state index in [9.17, 15) is 9.59 Å². The smallest absolute Gasteiger partial charge is 0.198 e. The highest BCUT2D eigenvalue weighted by atomic mass is 16.2. The number of ketones is 2. The molecular formula is C27H28N4O2. The lowest BCUT2D eigenvalue weighted by Gasteiger charge is -2.43. The molecule has 6 nitrogen and oxygen atoms in total. The largest absolute Gasteiger partial charge is 0.297 e. The number of piperazine rings is 1. The van der Waals surface area contributed by atoms with E-state index in [4.69, 9.17) is 0 Å². The number of carbonyl (C=O) groups is 2. The van der Waals surface area contributed by atoms with Crippen molar-refractivity contribution in [3.05, 3.63) is 94.6 Å². The van der Waals surface area contributed by atoms with Gasteiger partial charge in [-0.1, -0.05) is 55.5 Å². The average Bonchev–Trinajstić information content (AvgIpc) is 3.08. The molecule has 0 radical (unpaired) electrons. The Kier molecular flexibility index (Phi) is 5.64. The van der Waals surface area contributed by atoms with E-state index < -0.39 is 5.54 Å². The monoisotopic (exact) mass is 440 g/mol. The Hall–Kier alpha value is -3.22. The highest BCUT2D eigenvalue weighted by molar-refractivity contribution is 6.32. The lowest BCUT2D eigenvalue weighted by Crippen LogP contribution is -2.60. The van der Waals surface area contributed by atoms with Crippen LogP contribution in [0.1, 0.15) is 50.2 Å². The number of rotatable bonds is 5. The van der Waals surface area contributed by atoms with E-state index in [1.807, 2.05) is 24.0 Å². The molecule has 0 N–H and O–H groups in total. The Morgan fingerprint density at radius 3 is 2.06 bits per heavy atom. The summed E-state index contributed by atoms with van der Waals surface area (Å²) in [5, 5.41) is 0. The molecule has 1 aromatic heterocycles. The zero-order valence-electron chi connectivity index (χ0n) is 19.1. The van der Waals surface area contributed by atoms with Crippen molar-refractivity contribution >= 4 is 11.6 Å². The topological polar surface area (TPSA) is 66.4 Å². The molecule has 2 heterocycles. The number of fused-ring (bicyclic) bond motifs is 1. The number of benzene rings is 2. The second-order valence-corrected chi connectivity index (χ2v) is 8.84. The molecule has 5 rings (SSSR count). The van der Waals surface area contributed by atoms with Crippen molar-refractivity contribution in [3.63, 3.8) is 0 Å². The summed E-state index contributed by atoms with van der Waals surface area (Å²) < 4.78 is 0. The van der Waals surface area contributed by atoms with Crippen molar-refractivity contribution in [1.29, 1.82) is 0 Å². The molecule has 0 saturated carbocycles. The van der Waals surface area contributed by atoms with E-state index in [1.54, 1.807) is 18.2 Å². The van der Waals surface area contributed by atoms with Gasteiger partial charge in [-0.3, -0.25) is 19.4 Å². The third-order valence-corrected chi connectivity index (χ3v) is 6.99. The number of aryl methyl sites for hydroxylation is 2. The third-order valence-electron chi connectivity index (χ3n) is 6.99. The summed E-state index contributed by atoms with van der Waals surface area (Å²) in [5.74, 6) is -0.350. The van der Waals surface area contributed by atoms with Gasteiger partial charge in [0.15, 0.2) is 17.1 Å². The fraction of sp³-hybridized carbons (Fsp3) is 0.333. The van der Waals surface area contributed by atoms with Crippen LogP contribution in [0.15, 0.2) is 60.9 Å². The van der Waals surface area contributed by atoms with Crippen LogP contribution in [-0.4, -0.2) is 57.5 Å². The van der Waals surface area contributed by atoms with Crippen LogP contribution in [0.4, 0.5) is 0 Å². The van der Waals surface area contributed by atoms with E-state index in [1.165, 1.54) is 17.5 Å². The van der Waals surface area contributed by atoms with Gasteiger partial charge in [0.2, 0.25) is 0 Å². The maximum absolute atomic E-state index is 13.9. The van der Waals surface area contributed by atoms with Gasteiger partial charge < -0.3 is 0 Å². The van der Waals surface area contributed by atoms with Crippen LogP contribution in [0.25, 0.3) is 0 Å². The molecule has 0 bridgehead atoms. The number of hydrogen-bond donors (Lipinski definition) is 0. The van der Waals surface area contributed by atoms with E-state index >= 15 is 0 Å². The van der Waals surface area contributed by atoms with Gasteiger partial charge in [-0.25, -0.2) is 9.97 Å². The summed E-state index contributed by atoms with van der Waals surface area (Å²) in [6.07, 6.45) is 2.46. The first-order valence-electron chi connectivity index (χ1n) is 11.6. The number of nitrogens with zero attached hydrogens (tertiary/aromatic N) is 4. The highest BCUT2D eigenvalue weighted by Gasteiger charge is 2.59. The molecule has 2 aromatic carbocycles. The predicted octanol–water partition coefficient (Wildman–Crippen LogP) is 3.44. The minimum Gasteiger partial charge on any atom is -0.297 e. The first-order chi connectivity index (χ1) is 16.1. The van der Waals surface area contributed by atoms with Crippen LogP contribution in [0.3, 0.4) is 0 Å². The maximum atomic E-state index is 13.9. The van der Waals surface area contributed by atoms with Gasteiger partial charge >= 0.3 is 0 Å². The molecular weight excluding hydrogens is 412 g/mol. The summed E-state index contributed by atoms with van der Waals surface area (Å²) in [7, 11) is 0. The summed E-state index contributed by atoms with van der Waals surface area (Å²) in [6.45, 7) is 7.70. The Balaban J connectivity index is 1.46. The minimum absolute atomic E-state index is 0.175. The Morgan fingerprint density at radius 2 is 1.45 bits per heavy atom. The normalized spacial score (nSPS) is 18.5. The SMILES string of the molecule is CCc1ccccc1CN1CCN(C2(c3cc(C)ncn3)C(=O)c3ccccc3C2=O)CC1. The molecule has 1 fully saturated rings. The van der Waals surface area contributed by atoms with Crippen LogP contribution < -0.4 is 0 Å². The molecule has 1 aliphatic heterocycles. The van der Waals surface area contributed by atoms with Crippen molar-refractivity contribution in [2.45, 2.75) is 32.4 Å². The molecule has 33 heavy (non-hydrogen) atoms. The molecule has 3 aromatic rings. The van der Waals surface area contributed by atoms with Crippen molar-refractivity contribution < 1.29 is 9.59 Å². The summed E-state index contributed by atoms with van der Waals surface area (Å²) in [6, 6.07) is 17.5. The summed E-state index contributed by atoms with van der Waals surface area (Å²) in [4.78, 5) is 40.8. The van der Waals surface area contributed by atoms with Crippen molar-refractivity contribution in [3.8, 4) is 0 Å².